The molecule has 0 bridgehead atoms. The summed E-state index contributed by atoms with van der Waals surface area (Å²) in [5.41, 5.74) is 3.60. The lowest BCUT2D eigenvalue weighted by atomic mass is 9.97. The topological polar surface area (TPSA) is 32.3 Å². The van der Waals surface area contributed by atoms with Gasteiger partial charge in [-0.2, -0.15) is 0 Å². The summed E-state index contributed by atoms with van der Waals surface area (Å²) in [4.78, 5) is 14.3. The van der Waals surface area contributed by atoms with Gasteiger partial charge >= 0.3 is 0 Å². The molecular weight excluding hydrogens is 260 g/mol. The van der Waals surface area contributed by atoms with Crippen molar-refractivity contribution in [3.8, 4) is 0 Å². The number of nitrogens with one attached hydrogen (secondary N) is 1. The molecule has 0 unspecified atom stereocenters. The van der Waals surface area contributed by atoms with E-state index in [2.05, 4.69) is 46.6 Å². The number of para-hydroxylation sites is 1. The van der Waals surface area contributed by atoms with Crippen LogP contribution in [0.3, 0.4) is 0 Å². The van der Waals surface area contributed by atoms with Gasteiger partial charge in [0.15, 0.2) is 0 Å². The van der Waals surface area contributed by atoms with Gasteiger partial charge in [0.25, 0.3) is 0 Å². The Morgan fingerprint density at radius 1 is 1.00 bits per heavy atom. The summed E-state index contributed by atoms with van der Waals surface area (Å²) < 4.78 is 0. The first-order valence-corrected chi connectivity index (χ1v) is 7.52. The van der Waals surface area contributed by atoms with E-state index in [1.807, 2.05) is 18.2 Å². The average molecular weight is 278 g/mol. The Morgan fingerprint density at radius 2 is 1.76 bits per heavy atom. The lowest BCUT2D eigenvalue weighted by Crippen LogP contribution is -2.37. The summed E-state index contributed by atoms with van der Waals surface area (Å²) in [6.07, 6.45) is 1.59. The van der Waals surface area contributed by atoms with Crippen LogP contribution >= 0.6 is 0 Å². The fourth-order valence-corrected chi connectivity index (χ4v) is 3.52. The fraction of sp³-hybridized carbons (Fsp3) is 0.278. The van der Waals surface area contributed by atoms with Crippen molar-refractivity contribution in [3.05, 3.63) is 65.7 Å². The first-order valence-electron chi connectivity index (χ1n) is 7.52. The largest absolute Gasteiger partial charge is 0.376 e. The SMILES string of the molecule is O=C1CC[C@H]2[C@@H](c3ccccc3)Nc3ccccc3CN12. The standard InChI is InChI=1S/C18H18N2O/c21-17-11-10-16-18(13-6-2-1-3-7-13)19-15-9-5-4-8-14(15)12-20(16)17/h1-9,16,18-19H,10-12H2/t16-,18+/m0/s1. The Balaban J connectivity index is 1.80. The molecule has 3 heteroatoms. The molecule has 0 spiro atoms. The van der Waals surface area contributed by atoms with E-state index in [1.165, 1.54) is 11.1 Å². The van der Waals surface area contributed by atoms with Crippen LogP contribution in [0.25, 0.3) is 0 Å². The summed E-state index contributed by atoms with van der Waals surface area (Å²) in [6.45, 7) is 0.718. The summed E-state index contributed by atoms with van der Waals surface area (Å²) in [5.74, 6) is 0.277. The second-order valence-corrected chi connectivity index (χ2v) is 5.82. The zero-order valence-corrected chi connectivity index (χ0v) is 11.8. The first-order chi connectivity index (χ1) is 10.3. The van der Waals surface area contributed by atoms with Gasteiger partial charge < -0.3 is 10.2 Å². The summed E-state index contributed by atoms with van der Waals surface area (Å²) in [5, 5.41) is 3.67. The molecule has 3 nitrogen and oxygen atoms in total. The average Bonchev–Trinajstić information content (AvgIpc) is 2.80. The molecule has 0 saturated carbocycles. The number of fused-ring (bicyclic) bond motifs is 2. The van der Waals surface area contributed by atoms with Crippen molar-refractivity contribution in [1.82, 2.24) is 4.90 Å². The van der Waals surface area contributed by atoms with Crippen LogP contribution in [0.5, 0.6) is 0 Å². The lowest BCUT2D eigenvalue weighted by Gasteiger charge is -2.29. The number of nitrogens with zero attached hydrogens (tertiary/aromatic N) is 1. The van der Waals surface area contributed by atoms with Gasteiger partial charge in [-0.15, -0.1) is 0 Å². The molecule has 2 aromatic rings. The molecule has 2 aliphatic rings. The highest BCUT2D eigenvalue weighted by atomic mass is 16.2. The molecule has 2 heterocycles. The molecule has 2 aromatic carbocycles. The van der Waals surface area contributed by atoms with Crippen molar-refractivity contribution in [1.29, 1.82) is 0 Å². The van der Waals surface area contributed by atoms with E-state index in [1.54, 1.807) is 0 Å². The van der Waals surface area contributed by atoms with Crippen molar-refractivity contribution >= 4 is 11.6 Å². The highest BCUT2D eigenvalue weighted by molar-refractivity contribution is 5.80. The van der Waals surface area contributed by atoms with Crippen LogP contribution < -0.4 is 5.32 Å². The van der Waals surface area contributed by atoms with E-state index in [0.717, 1.165) is 18.7 Å². The van der Waals surface area contributed by atoms with Crippen molar-refractivity contribution in [2.24, 2.45) is 0 Å². The Bertz CT molecular complexity index is 668. The Kier molecular flexibility index (Phi) is 2.92. The van der Waals surface area contributed by atoms with Gasteiger partial charge in [-0.25, -0.2) is 0 Å². The lowest BCUT2D eigenvalue weighted by molar-refractivity contribution is -0.129. The highest BCUT2D eigenvalue weighted by Gasteiger charge is 2.39. The summed E-state index contributed by atoms with van der Waals surface area (Å²) in [7, 11) is 0. The molecular formula is C18H18N2O. The number of carbonyl (C=O) groups is 1. The van der Waals surface area contributed by atoms with Crippen LogP contribution in [0.15, 0.2) is 54.6 Å². The van der Waals surface area contributed by atoms with Gasteiger partial charge in [0, 0.05) is 18.7 Å². The number of hydrogen-bond donors (Lipinski definition) is 1. The zero-order valence-electron chi connectivity index (χ0n) is 11.8. The highest BCUT2D eigenvalue weighted by Crippen LogP contribution is 2.38. The number of hydrogen-bond acceptors (Lipinski definition) is 2. The van der Waals surface area contributed by atoms with E-state index in [9.17, 15) is 4.79 Å². The maximum Gasteiger partial charge on any atom is 0.223 e. The van der Waals surface area contributed by atoms with E-state index >= 15 is 0 Å². The fourth-order valence-electron chi connectivity index (χ4n) is 3.52. The Hall–Kier alpha value is -2.29. The van der Waals surface area contributed by atoms with Gasteiger partial charge in [-0.1, -0.05) is 48.5 Å². The third kappa shape index (κ3) is 2.09. The quantitative estimate of drug-likeness (QED) is 0.867. The third-order valence-corrected chi connectivity index (χ3v) is 4.59. The van der Waals surface area contributed by atoms with Gasteiger partial charge in [0.2, 0.25) is 5.91 Å². The predicted octanol–water partition coefficient (Wildman–Crippen LogP) is 3.34. The smallest absolute Gasteiger partial charge is 0.223 e. The molecule has 1 amide bonds. The molecule has 106 valence electrons. The molecule has 1 fully saturated rings. The van der Waals surface area contributed by atoms with E-state index < -0.39 is 0 Å². The van der Waals surface area contributed by atoms with Gasteiger partial charge in [0.1, 0.15) is 0 Å². The second kappa shape index (κ2) is 4.92. The maximum atomic E-state index is 12.2. The van der Waals surface area contributed by atoms with Crippen LogP contribution in [0, 0.1) is 0 Å². The van der Waals surface area contributed by atoms with Crippen LogP contribution in [0.4, 0.5) is 5.69 Å². The van der Waals surface area contributed by atoms with E-state index in [0.29, 0.717) is 6.42 Å². The van der Waals surface area contributed by atoms with Crippen molar-refractivity contribution in [2.75, 3.05) is 5.32 Å². The molecule has 1 N–H and O–H groups in total. The van der Waals surface area contributed by atoms with Gasteiger partial charge in [-0.3, -0.25) is 4.79 Å². The molecule has 4 rings (SSSR count). The molecule has 2 atom stereocenters. The summed E-state index contributed by atoms with van der Waals surface area (Å²) in [6, 6.07) is 19.2. The minimum atomic E-state index is 0.168. The molecule has 0 radical (unpaired) electrons. The van der Waals surface area contributed by atoms with Crippen molar-refractivity contribution < 1.29 is 4.79 Å². The van der Waals surface area contributed by atoms with Crippen LogP contribution in [-0.4, -0.2) is 16.8 Å². The minimum Gasteiger partial charge on any atom is -0.376 e. The van der Waals surface area contributed by atoms with Gasteiger partial charge in [-0.05, 0) is 23.6 Å². The minimum absolute atomic E-state index is 0.168. The van der Waals surface area contributed by atoms with E-state index in [4.69, 9.17) is 0 Å². The predicted molar refractivity (Wildman–Crippen MR) is 82.8 cm³/mol. The molecule has 0 aliphatic carbocycles. The monoisotopic (exact) mass is 278 g/mol. The molecule has 0 aromatic heterocycles. The number of carbonyl (C=O) groups excluding carboxylic acids is 1. The zero-order chi connectivity index (χ0) is 14.2. The number of benzene rings is 2. The second-order valence-electron chi connectivity index (χ2n) is 5.82. The summed E-state index contributed by atoms with van der Waals surface area (Å²) >= 11 is 0. The molecule has 1 saturated heterocycles. The van der Waals surface area contributed by atoms with Crippen molar-refractivity contribution in [3.63, 3.8) is 0 Å². The van der Waals surface area contributed by atoms with Crippen molar-refractivity contribution in [2.45, 2.75) is 31.5 Å². The van der Waals surface area contributed by atoms with Crippen LogP contribution in [-0.2, 0) is 11.3 Å². The Morgan fingerprint density at radius 3 is 2.62 bits per heavy atom. The number of anilines is 1. The Labute approximate surface area is 124 Å². The molecule has 2 aliphatic heterocycles. The number of amides is 1. The van der Waals surface area contributed by atoms with Gasteiger partial charge in [0.05, 0.1) is 12.1 Å². The van der Waals surface area contributed by atoms with Crippen LogP contribution in [0.1, 0.15) is 30.0 Å². The maximum absolute atomic E-state index is 12.2. The van der Waals surface area contributed by atoms with Crippen LogP contribution in [0.2, 0.25) is 0 Å². The first kappa shape index (κ1) is 12.5. The normalized spacial score (nSPS) is 24.0. The molecule has 21 heavy (non-hydrogen) atoms. The number of rotatable bonds is 1. The van der Waals surface area contributed by atoms with E-state index in [-0.39, 0.29) is 18.0 Å². The third-order valence-electron chi connectivity index (χ3n) is 4.59.